The molecule has 0 saturated carbocycles. The largest absolute Gasteiger partial charge is 0.325 e. The van der Waals surface area contributed by atoms with Gasteiger partial charge in [-0.15, -0.1) is 11.8 Å². The first kappa shape index (κ1) is 8.80. The van der Waals surface area contributed by atoms with Crippen molar-refractivity contribution in [2.75, 3.05) is 5.75 Å². The highest BCUT2D eigenvalue weighted by Gasteiger charge is 2.00. The average molecular weight is 190 g/mol. The van der Waals surface area contributed by atoms with Crippen LogP contribution in [0.5, 0.6) is 0 Å². The zero-order chi connectivity index (χ0) is 8.27. The maximum absolute atomic E-state index is 11.1. The van der Waals surface area contributed by atoms with Crippen molar-refractivity contribution in [1.82, 2.24) is 9.78 Å². The Morgan fingerprint density at radius 3 is 2.91 bits per heavy atom. The summed E-state index contributed by atoms with van der Waals surface area (Å²) in [4.78, 5) is 11.1. The fourth-order valence-electron chi connectivity index (χ4n) is 0.670. The molecule has 1 rings (SSSR count). The van der Waals surface area contributed by atoms with Crippen molar-refractivity contribution in [2.24, 2.45) is 0 Å². The molecule has 0 radical (unpaired) electrons. The average Bonchev–Trinajstić information content (AvgIpc) is 2.26. The van der Waals surface area contributed by atoms with Gasteiger partial charge in [-0.05, 0) is 12.7 Å². The number of aryl methyl sites for hydroxylation is 1. The topological polar surface area (TPSA) is 34.9 Å². The van der Waals surface area contributed by atoms with Crippen LogP contribution in [0.2, 0.25) is 0 Å². The van der Waals surface area contributed by atoms with Crippen LogP contribution in [0.25, 0.3) is 0 Å². The predicted octanol–water partition coefficient (Wildman–Crippen LogP) is 1.32. The zero-order valence-corrected chi connectivity index (χ0v) is 8.17. The zero-order valence-electron chi connectivity index (χ0n) is 6.53. The van der Waals surface area contributed by atoms with Crippen LogP contribution in [0.15, 0.2) is 4.79 Å². The summed E-state index contributed by atoms with van der Waals surface area (Å²) >= 11 is 2.90. The van der Waals surface area contributed by atoms with Gasteiger partial charge in [-0.25, -0.2) is 4.68 Å². The fourth-order valence-corrected chi connectivity index (χ4v) is 1.88. The van der Waals surface area contributed by atoms with Crippen molar-refractivity contribution >= 4 is 23.1 Å². The Bertz CT molecular complexity index is 278. The number of aromatic nitrogens is 2. The van der Waals surface area contributed by atoms with E-state index in [1.807, 2.05) is 6.92 Å². The molecule has 11 heavy (non-hydrogen) atoms. The molecule has 0 unspecified atom stereocenters. The molecule has 3 nitrogen and oxygen atoms in total. The van der Waals surface area contributed by atoms with Crippen LogP contribution in [-0.4, -0.2) is 15.5 Å². The summed E-state index contributed by atoms with van der Waals surface area (Å²) in [5, 5.41) is 4.89. The third-order valence-electron chi connectivity index (χ3n) is 1.12. The van der Waals surface area contributed by atoms with Gasteiger partial charge in [0, 0.05) is 0 Å². The Hall–Kier alpha value is -0.290. The molecule has 1 aromatic heterocycles. The second kappa shape index (κ2) is 3.92. The Morgan fingerprint density at radius 1 is 1.73 bits per heavy atom. The number of rotatable bonds is 3. The maximum atomic E-state index is 11.1. The Morgan fingerprint density at radius 2 is 2.45 bits per heavy atom. The number of hydrogen-bond donors (Lipinski definition) is 0. The van der Waals surface area contributed by atoms with E-state index in [0.29, 0.717) is 5.88 Å². The van der Waals surface area contributed by atoms with Gasteiger partial charge in [-0.3, -0.25) is 4.79 Å². The van der Waals surface area contributed by atoms with E-state index in [9.17, 15) is 4.79 Å². The Kier molecular flexibility index (Phi) is 3.14. The van der Waals surface area contributed by atoms with Gasteiger partial charge in [0.05, 0.1) is 5.88 Å². The molecule has 0 amide bonds. The lowest BCUT2D eigenvalue weighted by Crippen LogP contribution is -2.12. The lowest BCUT2D eigenvalue weighted by Gasteiger charge is -1.94. The molecule has 0 aliphatic heterocycles. The quantitative estimate of drug-likeness (QED) is 0.721. The molecule has 0 aliphatic rings. The Balaban J connectivity index is 2.70. The second-order valence-corrected chi connectivity index (χ2v) is 4.40. The molecule has 62 valence electrons. The molecule has 0 aliphatic carbocycles. The van der Waals surface area contributed by atoms with E-state index in [1.165, 1.54) is 16.0 Å². The predicted molar refractivity (Wildman–Crippen MR) is 49.2 cm³/mol. The number of hydrogen-bond acceptors (Lipinski definition) is 4. The highest BCUT2D eigenvalue weighted by Crippen LogP contribution is 2.02. The molecule has 0 bridgehead atoms. The van der Waals surface area contributed by atoms with Crippen molar-refractivity contribution in [2.45, 2.75) is 19.7 Å². The van der Waals surface area contributed by atoms with Gasteiger partial charge in [0.25, 0.3) is 0 Å². The molecule has 5 heteroatoms. The van der Waals surface area contributed by atoms with Crippen molar-refractivity contribution in [3.63, 3.8) is 0 Å². The minimum atomic E-state index is 0.0449. The molecule has 0 aromatic carbocycles. The first-order chi connectivity index (χ1) is 5.24. The van der Waals surface area contributed by atoms with Gasteiger partial charge >= 0.3 is 4.87 Å². The van der Waals surface area contributed by atoms with Gasteiger partial charge in [0.15, 0.2) is 0 Å². The van der Waals surface area contributed by atoms with Crippen LogP contribution < -0.4 is 4.87 Å². The van der Waals surface area contributed by atoms with Gasteiger partial charge in [-0.2, -0.15) is 5.10 Å². The third kappa shape index (κ3) is 2.34. The van der Waals surface area contributed by atoms with Crippen LogP contribution >= 0.6 is 23.1 Å². The van der Waals surface area contributed by atoms with Crippen molar-refractivity contribution in [1.29, 1.82) is 0 Å². The third-order valence-corrected chi connectivity index (χ3v) is 2.72. The summed E-state index contributed by atoms with van der Waals surface area (Å²) in [6.45, 7) is 3.91. The first-order valence-electron chi connectivity index (χ1n) is 3.36. The molecule has 0 fully saturated rings. The summed E-state index contributed by atoms with van der Waals surface area (Å²) in [6, 6.07) is 0. The van der Waals surface area contributed by atoms with Crippen molar-refractivity contribution < 1.29 is 0 Å². The van der Waals surface area contributed by atoms with E-state index in [1.54, 1.807) is 11.8 Å². The van der Waals surface area contributed by atoms with Crippen LogP contribution in [-0.2, 0) is 5.88 Å². The van der Waals surface area contributed by atoms with E-state index in [0.717, 1.165) is 10.8 Å². The minimum absolute atomic E-state index is 0.0449. The summed E-state index contributed by atoms with van der Waals surface area (Å²) in [5.74, 6) is 1.70. The van der Waals surface area contributed by atoms with Crippen LogP contribution in [0, 0.1) is 6.92 Å². The highest BCUT2D eigenvalue weighted by atomic mass is 32.2. The molecular weight excluding hydrogens is 180 g/mol. The second-order valence-electron chi connectivity index (χ2n) is 2.01. The monoisotopic (exact) mass is 190 g/mol. The van der Waals surface area contributed by atoms with Crippen molar-refractivity contribution in [3.8, 4) is 0 Å². The van der Waals surface area contributed by atoms with Gasteiger partial charge < -0.3 is 0 Å². The molecule has 0 N–H and O–H groups in total. The summed E-state index contributed by atoms with van der Waals surface area (Å²) < 4.78 is 1.51. The number of thioether (sulfide) groups is 1. The lowest BCUT2D eigenvalue weighted by molar-refractivity contribution is 0.717. The lowest BCUT2D eigenvalue weighted by atomic mass is 10.9. The highest BCUT2D eigenvalue weighted by molar-refractivity contribution is 7.98. The molecule has 1 heterocycles. The van der Waals surface area contributed by atoms with E-state index in [4.69, 9.17) is 0 Å². The molecule has 1 aromatic rings. The molecule has 0 spiro atoms. The van der Waals surface area contributed by atoms with E-state index < -0.39 is 0 Å². The van der Waals surface area contributed by atoms with E-state index in [-0.39, 0.29) is 4.87 Å². The van der Waals surface area contributed by atoms with Gasteiger partial charge in [0.2, 0.25) is 0 Å². The fraction of sp³-hybridized carbons (Fsp3) is 0.667. The van der Waals surface area contributed by atoms with Gasteiger partial charge in [0.1, 0.15) is 5.01 Å². The standard InChI is InChI=1S/C6H10N2OS2/c1-3-10-4-8-6(9)11-5(2)7-8/h3-4H2,1-2H3. The SMILES string of the molecule is CCSCn1nc(C)sc1=O. The summed E-state index contributed by atoms with van der Waals surface area (Å²) in [7, 11) is 0. The molecule has 0 saturated heterocycles. The normalized spacial score (nSPS) is 10.4. The molecule has 0 atom stereocenters. The summed E-state index contributed by atoms with van der Waals surface area (Å²) in [6.07, 6.45) is 0. The van der Waals surface area contributed by atoms with Crippen LogP contribution in [0.3, 0.4) is 0 Å². The number of nitrogens with zero attached hydrogens (tertiary/aromatic N) is 2. The van der Waals surface area contributed by atoms with Crippen LogP contribution in [0.4, 0.5) is 0 Å². The molecular formula is C6H10N2OS2. The first-order valence-corrected chi connectivity index (χ1v) is 5.33. The maximum Gasteiger partial charge on any atom is 0.325 e. The minimum Gasteiger partial charge on any atom is -0.255 e. The van der Waals surface area contributed by atoms with Gasteiger partial charge in [-0.1, -0.05) is 18.3 Å². The van der Waals surface area contributed by atoms with Crippen molar-refractivity contribution in [3.05, 3.63) is 14.7 Å². The Labute approximate surface area is 73.4 Å². The van der Waals surface area contributed by atoms with E-state index in [2.05, 4.69) is 12.0 Å². The smallest absolute Gasteiger partial charge is 0.255 e. The summed E-state index contributed by atoms with van der Waals surface area (Å²) in [5.41, 5.74) is 0. The van der Waals surface area contributed by atoms with Crippen LogP contribution in [0.1, 0.15) is 11.9 Å². The van der Waals surface area contributed by atoms with E-state index >= 15 is 0 Å².